The molecule has 28 heavy (non-hydrogen) atoms. The van der Waals surface area contributed by atoms with E-state index in [0.717, 1.165) is 52.4 Å². The Balaban J connectivity index is -0.000000108. The van der Waals surface area contributed by atoms with Gasteiger partial charge in [0.15, 0.2) is 0 Å². The quantitative estimate of drug-likeness (QED) is 0.136. The predicted molar refractivity (Wildman–Crippen MR) is 98.2 cm³/mol. The number of nitrogens with one attached hydrogen (secondary N) is 4. The van der Waals surface area contributed by atoms with Gasteiger partial charge in [0.05, 0.1) is 5.09 Å². The van der Waals surface area contributed by atoms with Crippen molar-refractivity contribution in [3.8, 4) is 0 Å². The fourth-order valence-electron chi connectivity index (χ4n) is 1.66. The van der Waals surface area contributed by atoms with Crippen LogP contribution in [0.1, 0.15) is 19.3 Å². The molecule has 0 spiro atoms. The molecule has 1 heterocycles. The first-order valence-electron chi connectivity index (χ1n) is 7.94. The summed E-state index contributed by atoms with van der Waals surface area (Å²) in [5, 5.41) is 43.8. The zero-order valence-electron chi connectivity index (χ0n) is 15.5. The van der Waals surface area contributed by atoms with E-state index in [-0.39, 0.29) is 27.7 Å². The van der Waals surface area contributed by atoms with Gasteiger partial charge in [-0.1, -0.05) is 0 Å². The summed E-state index contributed by atoms with van der Waals surface area (Å²) in [6.07, 6.45) is 1.64. The molecule has 0 aromatic heterocycles. The molecule has 0 atom stereocenters. The minimum Gasteiger partial charge on any atom is -0.481 e. The summed E-state index contributed by atoms with van der Waals surface area (Å²) in [5.41, 5.74) is 0. The van der Waals surface area contributed by atoms with Crippen molar-refractivity contribution < 1.29 is 52.6 Å². The molecule has 1 saturated heterocycles. The molecule has 0 amide bonds. The van der Waals surface area contributed by atoms with E-state index in [2.05, 4.69) is 21.3 Å². The Morgan fingerprint density at radius 1 is 0.714 bits per heavy atom. The van der Waals surface area contributed by atoms with Gasteiger partial charge in [-0.3, -0.25) is 9.59 Å². The van der Waals surface area contributed by atoms with E-state index in [9.17, 15) is 9.59 Å². The molecule has 14 nitrogen and oxygen atoms in total. The van der Waals surface area contributed by atoms with E-state index >= 15 is 0 Å². The molecule has 1 fully saturated rings. The maximum Gasteiger partial charge on any atom is 0.314 e. The topological polar surface area (TPSA) is 252 Å². The maximum atomic E-state index is 9.43. The van der Waals surface area contributed by atoms with Crippen LogP contribution in [0.3, 0.4) is 0 Å². The number of nitrogens with zero attached hydrogens (tertiary/aromatic N) is 1. The molecule has 0 unspecified atom stereocenters. The predicted octanol–water partition coefficient (Wildman–Crippen LogP) is -3.21. The van der Waals surface area contributed by atoms with Gasteiger partial charge in [0.1, 0.15) is 6.42 Å². The Kier molecular flexibility index (Phi) is 40.0. The molecule has 1 radical (unpaired) electrons. The number of carbonyl (C=O) groups is 2. The van der Waals surface area contributed by atoms with Gasteiger partial charge < -0.3 is 57.8 Å². The first kappa shape index (κ1) is 37.2. The van der Waals surface area contributed by atoms with Crippen molar-refractivity contribution >= 4 is 11.9 Å². The second-order valence-corrected chi connectivity index (χ2v) is 4.89. The van der Waals surface area contributed by atoms with Crippen LogP contribution in [0.5, 0.6) is 0 Å². The van der Waals surface area contributed by atoms with E-state index in [1.54, 1.807) is 0 Å². The van der Waals surface area contributed by atoms with Crippen LogP contribution in [-0.4, -0.2) is 90.5 Å². The van der Waals surface area contributed by atoms with Gasteiger partial charge in [-0.25, -0.2) is 0 Å². The Morgan fingerprint density at radius 3 is 1.07 bits per heavy atom. The van der Waals surface area contributed by atoms with Gasteiger partial charge in [-0.05, 0) is 39.0 Å². The molecule has 0 aromatic rings. The van der Waals surface area contributed by atoms with Crippen LogP contribution in [-0.2, 0) is 26.4 Å². The normalized spacial score (nSPS) is 14.9. The van der Waals surface area contributed by atoms with E-state index in [0.29, 0.717) is 0 Å². The van der Waals surface area contributed by atoms with Crippen molar-refractivity contribution in [3.05, 3.63) is 15.3 Å². The summed E-state index contributed by atoms with van der Waals surface area (Å²) >= 11 is 0. The van der Waals surface area contributed by atoms with Crippen LogP contribution in [0.25, 0.3) is 0 Å². The van der Waals surface area contributed by atoms with Gasteiger partial charge in [0.25, 0.3) is 0 Å². The van der Waals surface area contributed by atoms with Crippen molar-refractivity contribution in [1.29, 1.82) is 0 Å². The minimum absolute atomic E-state index is 0. The van der Waals surface area contributed by atoms with E-state index in [1.165, 1.54) is 12.8 Å². The number of carboxylic acids is 2. The average molecular weight is 461 g/mol. The summed E-state index contributed by atoms with van der Waals surface area (Å²) in [6, 6.07) is 0. The summed E-state index contributed by atoms with van der Waals surface area (Å²) in [6.45, 7) is 8.87. The van der Waals surface area contributed by atoms with Gasteiger partial charge in [-0.15, -0.1) is 0 Å². The molecule has 1 rings (SSSR count). The van der Waals surface area contributed by atoms with E-state index < -0.39 is 23.4 Å². The molecule has 0 bridgehead atoms. The van der Waals surface area contributed by atoms with Crippen molar-refractivity contribution in [2.45, 2.75) is 19.3 Å². The number of hydrogen-bond donors (Lipinski definition) is 6. The van der Waals surface area contributed by atoms with E-state index in [1.807, 2.05) is 0 Å². The molecule has 15 heteroatoms. The minimum atomic E-state index is -1.75. The molecule has 0 aromatic carbocycles. The van der Waals surface area contributed by atoms with Gasteiger partial charge in [0.2, 0.25) is 0 Å². The standard InChI is InChI=1S/C10H24N4.C3H4O4.Co.NO3.2H2O/c1-3-11-7-9-13-5-2-6-14-10-8-12-4-1;4-2(5)1-3(6)7;;2-1(3)4;;/h11-14H,1-10H2;1H2,(H,4,5)(H,6,7);;;2*1H2/q;;;-1;;. The molecule has 0 saturated carbocycles. The van der Waals surface area contributed by atoms with Crippen LogP contribution < -0.4 is 21.3 Å². The number of carboxylic acid groups (broad SMARTS) is 2. The SMILES string of the molecule is C1CNCCNCCCNCCNC1.O.O.O=C(O)CC(=O)O.O=[N+]([O-])[O-].[Co]. The number of aliphatic carboxylic acids is 2. The van der Waals surface area contributed by atoms with Crippen molar-refractivity contribution in [3.63, 3.8) is 0 Å². The third-order valence-electron chi connectivity index (χ3n) is 2.67. The summed E-state index contributed by atoms with van der Waals surface area (Å²) in [5.74, 6) is -2.62. The van der Waals surface area contributed by atoms with Gasteiger partial charge >= 0.3 is 11.9 Å². The van der Waals surface area contributed by atoms with Crippen LogP contribution in [0.4, 0.5) is 0 Å². The third kappa shape index (κ3) is 49.7. The van der Waals surface area contributed by atoms with Crippen LogP contribution >= 0.6 is 0 Å². The molecule has 10 N–H and O–H groups in total. The zero-order valence-corrected chi connectivity index (χ0v) is 16.5. The summed E-state index contributed by atoms with van der Waals surface area (Å²) in [7, 11) is 0. The van der Waals surface area contributed by atoms with Crippen LogP contribution in [0, 0.1) is 15.3 Å². The molecular formula is C13H32CoN5O9-. The Labute approximate surface area is 173 Å². The van der Waals surface area contributed by atoms with Crippen molar-refractivity contribution in [2.75, 3.05) is 52.4 Å². The van der Waals surface area contributed by atoms with Gasteiger partial charge in [-0.2, -0.15) is 0 Å². The Morgan fingerprint density at radius 2 is 0.929 bits per heavy atom. The van der Waals surface area contributed by atoms with Crippen molar-refractivity contribution in [1.82, 2.24) is 21.3 Å². The fourth-order valence-corrected chi connectivity index (χ4v) is 1.66. The first-order chi connectivity index (χ1) is 11.9. The van der Waals surface area contributed by atoms with Crippen molar-refractivity contribution in [2.24, 2.45) is 0 Å². The van der Waals surface area contributed by atoms with Crippen LogP contribution in [0.15, 0.2) is 0 Å². The van der Waals surface area contributed by atoms with Gasteiger partial charge in [0, 0.05) is 43.0 Å². The number of hydrogen-bond acceptors (Lipinski definition) is 9. The second-order valence-electron chi connectivity index (χ2n) is 4.89. The zero-order chi connectivity index (χ0) is 19.3. The molecule has 1 aliphatic heterocycles. The maximum absolute atomic E-state index is 9.43. The molecule has 0 aliphatic carbocycles. The van der Waals surface area contributed by atoms with Crippen LogP contribution in [0.2, 0.25) is 0 Å². The average Bonchev–Trinajstić information content (AvgIpc) is 2.48. The molecule has 173 valence electrons. The third-order valence-corrected chi connectivity index (χ3v) is 2.67. The smallest absolute Gasteiger partial charge is 0.314 e. The summed E-state index contributed by atoms with van der Waals surface area (Å²) in [4.78, 5) is 27.1. The first-order valence-corrected chi connectivity index (χ1v) is 7.94. The summed E-state index contributed by atoms with van der Waals surface area (Å²) < 4.78 is 0. The monoisotopic (exact) mass is 461 g/mol. The fraction of sp³-hybridized carbons (Fsp3) is 0.846. The Hall–Kier alpha value is -1.59. The second kappa shape index (κ2) is 30.1. The Bertz CT molecular complexity index is 298. The number of rotatable bonds is 2. The molecule has 1 aliphatic rings. The van der Waals surface area contributed by atoms with E-state index in [4.69, 9.17) is 25.5 Å². The molecular weight excluding hydrogens is 429 g/mol. The largest absolute Gasteiger partial charge is 0.481 e.